The molecular formula is C10H10ClN3. The highest BCUT2D eigenvalue weighted by molar-refractivity contribution is 6.30. The van der Waals surface area contributed by atoms with Gasteiger partial charge < -0.3 is 0 Å². The van der Waals surface area contributed by atoms with Crippen LogP contribution in [0.15, 0.2) is 24.3 Å². The number of halogens is 1. The summed E-state index contributed by atoms with van der Waals surface area (Å²) >= 11 is 5.81. The van der Waals surface area contributed by atoms with E-state index >= 15 is 0 Å². The van der Waals surface area contributed by atoms with Gasteiger partial charge in [-0.25, -0.2) is 0 Å². The van der Waals surface area contributed by atoms with Crippen molar-refractivity contribution < 1.29 is 0 Å². The van der Waals surface area contributed by atoms with Gasteiger partial charge in [0.15, 0.2) is 0 Å². The fraction of sp³-hybridized carbons (Fsp3) is 0.200. The number of rotatable bonds is 1. The normalized spacial score (nSPS) is 10.5. The summed E-state index contributed by atoms with van der Waals surface area (Å²) in [6.45, 7) is 3.85. The van der Waals surface area contributed by atoms with Crippen LogP contribution in [-0.4, -0.2) is 14.8 Å². The smallest absolute Gasteiger partial charge is 0.134 e. The zero-order chi connectivity index (χ0) is 10.1. The van der Waals surface area contributed by atoms with E-state index in [0.717, 1.165) is 22.4 Å². The Kier molecular flexibility index (Phi) is 2.25. The summed E-state index contributed by atoms with van der Waals surface area (Å²) < 4.78 is 1.98. The average molecular weight is 208 g/mol. The second-order valence-electron chi connectivity index (χ2n) is 3.11. The first kappa shape index (κ1) is 9.21. The molecule has 0 fully saturated rings. The largest absolute Gasteiger partial charge is 0.283 e. The van der Waals surface area contributed by atoms with Crippen LogP contribution in [0.1, 0.15) is 11.6 Å². The summed E-state index contributed by atoms with van der Waals surface area (Å²) in [6.07, 6.45) is 0. The molecule has 3 nitrogen and oxygen atoms in total. The second kappa shape index (κ2) is 3.42. The summed E-state index contributed by atoms with van der Waals surface area (Å²) in [4.78, 5) is 0. The maximum absolute atomic E-state index is 5.81. The molecule has 0 amide bonds. The number of benzene rings is 1. The van der Waals surface area contributed by atoms with E-state index in [1.54, 1.807) is 0 Å². The van der Waals surface area contributed by atoms with E-state index in [4.69, 9.17) is 11.6 Å². The molecule has 0 saturated carbocycles. The fourth-order valence-electron chi connectivity index (χ4n) is 1.43. The molecule has 0 spiro atoms. The average Bonchev–Trinajstić information content (AvgIpc) is 2.49. The van der Waals surface area contributed by atoms with Gasteiger partial charge in [-0.1, -0.05) is 11.6 Å². The minimum atomic E-state index is 0.733. The zero-order valence-electron chi connectivity index (χ0n) is 8.03. The first-order valence-electron chi connectivity index (χ1n) is 4.33. The van der Waals surface area contributed by atoms with Gasteiger partial charge in [-0.15, -0.1) is 10.2 Å². The predicted molar refractivity (Wildman–Crippen MR) is 55.8 cm³/mol. The number of aryl methyl sites for hydroxylation is 2. The van der Waals surface area contributed by atoms with Crippen molar-refractivity contribution in [3.63, 3.8) is 0 Å². The highest BCUT2D eigenvalue weighted by Crippen LogP contribution is 2.15. The van der Waals surface area contributed by atoms with Gasteiger partial charge in [0.2, 0.25) is 0 Å². The van der Waals surface area contributed by atoms with Crippen LogP contribution < -0.4 is 0 Å². The molecule has 2 aromatic rings. The van der Waals surface area contributed by atoms with Gasteiger partial charge in [-0.3, -0.25) is 4.57 Å². The standard InChI is InChI=1S/C10H10ClN3/c1-7-12-13-8(2)14(7)10-5-3-9(11)4-6-10/h3-6H,1-2H3. The van der Waals surface area contributed by atoms with Crippen molar-refractivity contribution in [2.24, 2.45) is 0 Å². The molecule has 4 heteroatoms. The molecule has 1 aromatic heterocycles. The SMILES string of the molecule is Cc1nnc(C)n1-c1ccc(Cl)cc1. The van der Waals surface area contributed by atoms with E-state index < -0.39 is 0 Å². The highest BCUT2D eigenvalue weighted by atomic mass is 35.5. The molecule has 1 aromatic carbocycles. The van der Waals surface area contributed by atoms with Gasteiger partial charge in [0.1, 0.15) is 11.6 Å². The predicted octanol–water partition coefficient (Wildman–Crippen LogP) is 2.54. The van der Waals surface area contributed by atoms with Crippen LogP contribution in [0, 0.1) is 13.8 Å². The van der Waals surface area contributed by atoms with Crippen molar-refractivity contribution >= 4 is 11.6 Å². The maximum Gasteiger partial charge on any atom is 0.134 e. The molecule has 0 bridgehead atoms. The van der Waals surface area contributed by atoms with Crippen LogP contribution in [0.3, 0.4) is 0 Å². The molecule has 2 rings (SSSR count). The second-order valence-corrected chi connectivity index (χ2v) is 3.54. The molecule has 0 radical (unpaired) electrons. The summed E-state index contributed by atoms with van der Waals surface area (Å²) in [6, 6.07) is 7.61. The van der Waals surface area contributed by atoms with E-state index in [2.05, 4.69) is 10.2 Å². The van der Waals surface area contributed by atoms with E-state index in [0.29, 0.717) is 0 Å². The molecule has 0 aliphatic rings. The van der Waals surface area contributed by atoms with Gasteiger partial charge in [0.05, 0.1) is 0 Å². The van der Waals surface area contributed by atoms with Gasteiger partial charge in [0.25, 0.3) is 0 Å². The molecular weight excluding hydrogens is 198 g/mol. The van der Waals surface area contributed by atoms with Gasteiger partial charge in [-0.2, -0.15) is 0 Å². The third-order valence-corrected chi connectivity index (χ3v) is 2.32. The first-order chi connectivity index (χ1) is 6.68. The molecule has 0 aliphatic heterocycles. The monoisotopic (exact) mass is 207 g/mol. The number of hydrogen-bond acceptors (Lipinski definition) is 2. The lowest BCUT2D eigenvalue weighted by Crippen LogP contribution is -1.98. The van der Waals surface area contributed by atoms with Crippen molar-refractivity contribution in [3.05, 3.63) is 40.9 Å². The van der Waals surface area contributed by atoms with Crippen LogP contribution in [-0.2, 0) is 0 Å². The van der Waals surface area contributed by atoms with Crippen molar-refractivity contribution in [2.45, 2.75) is 13.8 Å². The van der Waals surface area contributed by atoms with Crippen molar-refractivity contribution in [1.29, 1.82) is 0 Å². The Morgan fingerprint density at radius 2 is 1.50 bits per heavy atom. The summed E-state index contributed by atoms with van der Waals surface area (Å²) in [5.74, 6) is 1.76. The number of aromatic nitrogens is 3. The molecule has 0 unspecified atom stereocenters. The molecule has 14 heavy (non-hydrogen) atoms. The Labute approximate surface area is 87.3 Å². The zero-order valence-corrected chi connectivity index (χ0v) is 8.78. The van der Waals surface area contributed by atoms with Crippen molar-refractivity contribution in [3.8, 4) is 5.69 Å². The van der Waals surface area contributed by atoms with E-state index in [9.17, 15) is 0 Å². The van der Waals surface area contributed by atoms with Gasteiger partial charge in [0, 0.05) is 10.7 Å². The third-order valence-electron chi connectivity index (χ3n) is 2.07. The van der Waals surface area contributed by atoms with Crippen LogP contribution in [0.5, 0.6) is 0 Å². The summed E-state index contributed by atoms with van der Waals surface area (Å²) in [5, 5.41) is 8.72. The van der Waals surface area contributed by atoms with Crippen molar-refractivity contribution in [1.82, 2.24) is 14.8 Å². The minimum absolute atomic E-state index is 0.733. The minimum Gasteiger partial charge on any atom is -0.283 e. The first-order valence-corrected chi connectivity index (χ1v) is 4.71. The lowest BCUT2D eigenvalue weighted by molar-refractivity contribution is 0.938. The van der Waals surface area contributed by atoms with Crippen LogP contribution >= 0.6 is 11.6 Å². The fourth-order valence-corrected chi connectivity index (χ4v) is 1.56. The van der Waals surface area contributed by atoms with Gasteiger partial charge in [-0.05, 0) is 38.1 Å². The Hall–Kier alpha value is -1.35. The molecule has 0 N–H and O–H groups in total. The van der Waals surface area contributed by atoms with Crippen molar-refractivity contribution in [2.75, 3.05) is 0 Å². The quantitative estimate of drug-likeness (QED) is 0.720. The van der Waals surface area contributed by atoms with E-state index in [1.165, 1.54) is 0 Å². The lowest BCUT2D eigenvalue weighted by atomic mass is 10.3. The molecule has 0 aliphatic carbocycles. The Balaban J connectivity index is 2.54. The summed E-state index contributed by atoms with van der Waals surface area (Å²) in [5.41, 5.74) is 1.04. The van der Waals surface area contributed by atoms with E-state index in [1.807, 2.05) is 42.7 Å². The van der Waals surface area contributed by atoms with Crippen LogP contribution in [0.4, 0.5) is 0 Å². The summed E-state index contributed by atoms with van der Waals surface area (Å²) in [7, 11) is 0. The van der Waals surface area contributed by atoms with E-state index in [-0.39, 0.29) is 0 Å². The topological polar surface area (TPSA) is 30.7 Å². The highest BCUT2D eigenvalue weighted by Gasteiger charge is 2.05. The molecule has 0 saturated heterocycles. The Bertz CT molecular complexity index is 425. The maximum atomic E-state index is 5.81. The lowest BCUT2D eigenvalue weighted by Gasteiger charge is -2.05. The molecule has 1 heterocycles. The Morgan fingerprint density at radius 1 is 1.00 bits per heavy atom. The molecule has 72 valence electrons. The number of nitrogens with zero attached hydrogens (tertiary/aromatic N) is 3. The van der Waals surface area contributed by atoms with Crippen LogP contribution in [0.25, 0.3) is 5.69 Å². The number of hydrogen-bond donors (Lipinski definition) is 0. The van der Waals surface area contributed by atoms with Gasteiger partial charge >= 0.3 is 0 Å². The molecule has 0 atom stereocenters. The van der Waals surface area contributed by atoms with Crippen LogP contribution in [0.2, 0.25) is 5.02 Å². The third kappa shape index (κ3) is 1.51. The Morgan fingerprint density at radius 3 is 2.00 bits per heavy atom.